The van der Waals surface area contributed by atoms with Crippen molar-refractivity contribution in [3.8, 4) is 0 Å². The van der Waals surface area contributed by atoms with Gasteiger partial charge in [0.15, 0.2) is 0 Å². The third kappa shape index (κ3) is 5.69. The van der Waals surface area contributed by atoms with Crippen LogP contribution in [0.4, 0.5) is 4.79 Å². The number of nitrogens with zero attached hydrogens (tertiary/aromatic N) is 1. The summed E-state index contributed by atoms with van der Waals surface area (Å²) in [7, 11) is 1.29. The van der Waals surface area contributed by atoms with Gasteiger partial charge in [0.25, 0.3) is 0 Å². The van der Waals surface area contributed by atoms with Gasteiger partial charge in [-0.25, -0.2) is 9.59 Å². The maximum atomic E-state index is 11.7. The van der Waals surface area contributed by atoms with Crippen molar-refractivity contribution in [2.24, 2.45) is 5.92 Å². The van der Waals surface area contributed by atoms with E-state index in [-0.39, 0.29) is 12.5 Å². The molecule has 0 aromatic carbocycles. The second kappa shape index (κ2) is 8.14. The summed E-state index contributed by atoms with van der Waals surface area (Å²) >= 11 is 0. The lowest BCUT2D eigenvalue weighted by atomic mass is 10.0. The second-order valence-electron chi connectivity index (χ2n) is 4.75. The highest BCUT2D eigenvalue weighted by Crippen LogP contribution is 2.07. The Bertz CT molecular complexity index is 434. The number of aromatic nitrogens is 1. The molecule has 0 bridgehead atoms. The lowest BCUT2D eigenvalue weighted by molar-refractivity contribution is -0.143. The summed E-state index contributed by atoms with van der Waals surface area (Å²) in [4.78, 5) is 27.2. The molecule has 6 heteroatoms. The average Bonchev–Trinajstić information content (AvgIpc) is 2.44. The molecule has 1 amide bonds. The highest BCUT2D eigenvalue weighted by molar-refractivity contribution is 5.81. The molecular formula is C14H20N2O4. The van der Waals surface area contributed by atoms with E-state index in [2.05, 4.69) is 15.0 Å². The summed E-state index contributed by atoms with van der Waals surface area (Å²) in [5.74, 6) is -0.233. The Balaban J connectivity index is 2.47. The number of ether oxygens (including phenoxy) is 2. The van der Waals surface area contributed by atoms with Gasteiger partial charge in [-0.15, -0.1) is 0 Å². The van der Waals surface area contributed by atoms with E-state index in [0.29, 0.717) is 12.1 Å². The summed E-state index contributed by atoms with van der Waals surface area (Å²) in [5.41, 5.74) is 0.640. The average molecular weight is 280 g/mol. The normalized spacial score (nSPS) is 11.8. The minimum atomic E-state index is -0.698. The van der Waals surface area contributed by atoms with E-state index >= 15 is 0 Å². The number of esters is 1. The van der Waals surface area contributed by atoms with Crippen LogP contribution in [0.5, 0.6) is 0 Å². The van der Waals surface area contributed by atoms with E-state index in [1.165, 1.54) is 7.11 Å². The first-order chi connectivity index (χ1) is 9.52. The van der Waals surface area contributed by atoms with Crippen LogP contribution in [0.15, 0.2) is 24.4 Å². The van der Waals surface area contributed by atoms with Gasteiger partial charge >= 0.3 is 12.1 Å². The Kier molecular flexibility index (Phi) is 6.49. The van der Waals surface area contributed by atoms with Crippen molar-refractivity contribution in [1.82, 2.24) is 10.3 Å². The fraction of sp³-hybridized carbons (Fsp3) is 0.500. The Morgan fingerprint density at radius 1 is 1.35 bits per heavy atom. The van der Waals surface area contributed by atoms with Crippen molar-refractivity contribution >= 4 is 12.1 Å². The number of nitrogens with one attached hydrogen (secondary N) is 1. The molecule has 1 aromatic heterocycles. The third-order valence-electron chi connectivity index (χ3n) is 2.56. The Morgan fingerprint density at radius 2 is 2.10 bits per heavy atom. The maximum Gasteiger partial charge on any atom is 0.408 e. The molecule has 1 aromatic rings. The first-order valence-corrected chi connectivity index (χ1v) is 6.44. The van der Waals surface area contributed by atoms with Crippen LogP contribution in [-0.2, 0) is 20.9 Å². The van der Waals surface area contributed by atoms with Crippen LogP contribution in [0.1, 0.15) is 26.0 Å². The largest absolute Gasteiger partial charge is 0.467 e. The lowest BCUT2D eigenvalue weighted by Crippen LogP contribution is -2.42. The minimum Gasteiger partial charge on any atom is -0.467 e. The number of carbonyl (C=O) groups is 2. The van der Waals surface area contributed by atoms with E-state index in [4.69, 9.17) is 4.74 Å². The highest BCUT2D eigenvalue weighted by Gasteiger charge is 2.23. The summed E-state index contributed by atoms with van der Waals surface area (Å²) in [5, 5.41) is 2.51. The third-order valence-corrected chi connectivity index (χ3v) is 2.56. The number of hydrogen-bond donors (Lipinski definition) is 1. The monoisotopic (exact) mass is 280 g/mol. The molecule has 6 nitrogen and oxygen atoms in total. The number of amides is 1. The van der Waals surface area contributed by atoms with E-state index in [9.17, 15) is 9.59 Å². The van der Waals surface area contributed by atoms with Crippen LogP contribution in [0.25, 0.3) is 0 Å². The van der Waals surface area contributed by atoms with Crippen molar-refractivity contribution in [1.29, 1.82) is 0 Å². The molecule has 0 saturated carbocycles. The van der Waals surface area contributed by atoms with Crippen LogP contribution in [-0.4, -0.2) is 30.2 Å². The van der Waals surface area contributed by atoms with Crippen molar-refractivity contribution in [3.05, 3.63) is 30.1 Å². The molecule has 1 rings (SSSR count). The smallest absolute Gasteiger partial charge is 0.408 e. The molecule has 1 N–H and O–H groups in total. The topological polar surface area (TPSA) is 77.5 Å². The molecule has 0 aliphatic rings. The van der Waals surface area contributed by atoms with Gasteiger partial charge in [-0.05, 0) is 24.5 Å². The molecule has 1 heterocycles. The van der Waals surface area contributed by atoms with Gasteiger partial charge in [-0.2, -0.15) is 0 Å². The first kappa shape index (κ1) is 15.9. The molecule has 0 saturated heterocycles. The van der Waals surface area contributed by atoms with Crippen molar-refractivity contribution < 1.29 is 19.1 Å². The SMILES string of the molecule is COC(=O)[C@H](CC(C)C)NC(=O)OCc1ccccn1. The first-order valence-electron chi connectivity index (χ1n) is 6.44. The highest BCUT2D eigenvalue weighted by atomic mass is 16.6. The van der Waals surface area contributed by atoms with Gasteiger partial charge in [-0.3, -0.25) is 4.98 Å². The molecule has 0 spiro atoms. The van der Waals surface area contributed by atoms with E-state index in [0.717, 1.165) is 0 Å². The quantitative estimate of drug-likeness (QED) is 0.805. The molecule has 0 aliphatic heterocycles. The molecule has 0 radical (unpaired) electrons. The Labute approximate surface area is 118 Å². The van der Waals surface area contributed by atoms with Crippen LogP contribution in [0.2, 0.25) is 0 Å². The Hall–Kier alpha value is -2.11. The van der Waals surface area contributed by atoms with Crippen molar-refractivity contribution in [2.45, 2.75) is 32.9 Å². The van der Waals surface area contributed by atoms with Crippen LogP contribution in [0, 0.1) is 5.92 Å². The molecule has 0 aliphatic carbocycles. The van der Waals surface area contributed by atoms with Gasteiger partial charge in [-0.1, -0.05) is 19.9 Å². The van der Waals surface area contributed by atoms with E-state index in [1.54, 1.807) is 24.4 Å². The number of pyridine rings is 1. The van der Waals surface area contributed by atoms with Crippen molar-refractivity contribution in [3.63, 3.8) is 0 Å². The summed E-state index contributed by atoms with van der Waals surface area (Å²) in [6.07, 6.45) is 1.45. The zero-order chi connectivity index (χ0) is 15.0. The predicted molar refractivity (Wildman–Crippen MR) is 72.8 cm³/mol. The number of alkyl carbamates (subject to hydrolysis) is 1. The van der Waals surface area contributed by atoms with Gasteiger partial charge in [0.2, 0.25) is 0 Å². The van der Waals surface area contributed by atoms with Crippen LogP contribution < -0.4 is 5.32 Å². The number of hydrogen-bond acceptors (Lipinski definition) is 5. The molecule has 20 heavy (non-hydrogen) atoms. The van der Waals surface area contributed by atoms with Gasteiger partial charge in [0.1, 0.15) is 12.6 Å². The number of rotatable bonds is 6. The number of methoxy groups -OCH3 is 1. The second-order valence-corrected chi connectivity index (χ2v) is 4.75. The molecule has 0 unspecified atom stereocenters. The van der Waals surface area contributed by atoms with Gasteiger partial charge < -0.3 is 14.8 Å². The Morgan fingerprint density at radius 3 is 2.65 bits per heavy atom. The standard InChI is InChI=1S/C14H20N2O4/c1-10(2)8-12(13(17)19-3)16-14(18)20-9-11-6-4-5-7-15-11/h4-7,10,12H,8-9H2,1-3H3,(H,16,18)/t12-/m0/s1. The maximum absolute atomic E-state index is 11.7. The molecule has 1 atom stereocenters. The zero-order valence-corrected chi connectivity index (χ0v) is 12.0. The number of carbonyl (C=O) groups excluding carboxylic acids is 2. The fourth-order valence-corrected chi connectivity index (χ4v) is 1.63. The zero-order valence-electron chi connectivity index (χ0n) is 12.0. The molecule has 110 valence electrons. The van der Waals surface area contributed by atoms with Gasteiger partial charge in [0, 0.05) is 6.20 Å². The summed E-state index contributed by atoms with van der Waals surface area (Å²) in [6.45, 7) is 3.97. The van der Waals surface area contributed by atoms with Crippen LogP contribution >= 0.6 is 0 Å². The van der Waals surface area contributed by atoms with Gasteiger partial charge in [0.05, 0.1) is 12.8 Å². The van der Waals surface area contributed by atoms with Crippen LogP contribution in [0.3, 0.4) is 0 Å². The molecule has 0 fully saturated rings. The van der Waals surface area contributed by atoms with E-state index < -0.39 is 18.1 Å². The summed E-state index contributed by atoms with van der Waals surface area (Å²) < 4.78 is 9.67. The van der Waals surface area contributed by atoms with E-state index in [1.807, 2.05) is 13.8 Å². The molecular weight excluding hydrogens is 260 g/mol. The predicted octanol–water partition coefficient (Wildman–Crippen LogP) is 1.90. The lowest BCUT2D eigenvalue weighted by Gasteiger charge is -2.17. The fourth-order valence-electron chi connectivity index (χ4n) is 1.63. The van der Waals surface area contributed by atoms with Crippen molar-refractivity contribution in [2.75, 3.05) is 7.11 Å². The summed E-state index contributed by atoms with van der Waals surface area (Å²) in [6, 6.07) is 4.63. The minimum absolute atomic E-state index is 0.0578.